The highest BCUT2D eigenvalue weighted by molar-refractivity contribution is 5.78. The number of piperidine rings is 1. The van der Waals surface area contributed by atoms with Crippen LogP contribution < -0.4 is 5.32 Å². The van der Waals surface area contributed by atoms with Gasteiger partial charge in [0, 0.05) is 25.0 Å². The smallest absolute Gasteiger partial charge is 0.319 e. The van der Waals surface area contributed by atoms with Crippen LogP contribution in [0.3, 0.4) is 0 Å². The summed E-state index contributed by atoms with van der Waals surface area (Å²) in [6, 6.07) is 0.133. The molecule has 104 valence electrons. The van der Waals surface area contributed by atoms with Gasteiger partial charge >= 0.3 is 5.97 Å². The molecule has 0 saturated carbocycles. The van der Waals surface area contributed by atoms with Gasteiger partial charge in [0.15, 0.2) is 0 Å². The van der Waals surface area contributed by atoms with E-state index in [1.54, 1.807) is 0 Å². The highest BCUT2D eigenvalue weighted by atomic mass is 16.5. The summed E-state index contributed by atoms with van der Waals surface area (Å²) in [5, 5.41) is 3.04. The Morgan fingerprint density at radius 2 is 2.06 bits per heavy atom. The third-order valence-electron chi connectivity index (χ3n) is 3.19. The molecule has 0 bridgehead atoms. The van der Waals surface area contributed by atoms with E-state index in [9.17, 15) is 9.59 Å². The minimum absolute atomic E-state index is 0.00344. The Hall–Kier alpha value is -1.10. The summed E-state index contributed by atoms with van der Waals surface area (Å²) in [5.41, 5.74) is 0. The van der Waals surface area contributed by atoms with Crippen LogP contribution >= 0.6 is 0 Å². The number of hydrogen-bond acceptors (Lipinski definition) is 4. The second-order valence-corrected chi connectivity index (χ2v) is 5.47. The summed E-state index contributed by atoms with van der Waals surface area (Å²) in [6.07, 6.45) is 0.968. The summed E-state index contributed by atoms with van der Waals surface area (Å²) in [7, 11) is 1.40. The van der Waals surface area contributed by atoms with Crippen molar-refractivity contribution in [3.8, 4) is 0 Å². The van der Waals surface area contributed by atoms with E-state index in [1.165, 1.54) is 7.11 Å². The molecule has 1 aliphatic heterocycles. The molecule has 0 spiro atoms. The van der Waals surface area contributed by atoms with Gasteiger partial charge in [-0.1, -0.05) is 20.8 Å². The Morgan fingerprint density at radius 1 is 1.39 bits per heavy atom. The van der Waals surface area contributed by atoms with Crippen molar-refractivity contribution in [2.24, 2.45) is 11.8 Å². The zero-order chi connectivity index (χ0) is 13.7. The summed E-state index contributed by atoms with van der Waals surface area (Å²) >= 11 is 0. The number of ether oxygens (including phenoxy) is 1. The predicted octanol–water partition coefficient (Wildman–Crippen LogP) is 0.642. The predicted molar refractivity (Wildman–Crippen MR) is 69.0 cm³/mol. The first-order valence-electron chi connectivity index (χ1n) is 6.52. The van der Waals surface area contributed by atoms with Gasteiger partial charge in [0.05, 0.1) is 13.7 Å². The molecule has 0 aromatic heterocycles. The number of carbonyl (C=O) groups excluding carboxylic acids is 2. The average Bonchev–Trinajstić information content (AvgIpc) is 2.27. The number of amides is 1. The summed E-state index contributed by atoms with van der Waals surface area (Å²) < 4.78 is 4.67. The van der Waals surface area contributed by atoms with Gasteiger partial charge in [-0.2, -0.15) is 0 Å². The summed E-state index contributed by atoms with van der Waals surface area (Å²) in [5.74, 6) is 0.322. The lowest BCUT2D eigenvalue weighted by Gasteiger charge is -2.36. The molecular weight excluding hydrogens is 232 g/mol. The van der Waals surface area contributed by atoms with Crippen molar-refractivity contribution in [2.45, 2.75) is 33.2 Å². The Kier molecular flexibility index (Phi) is 5.59. The van der Waals surface area contributed by atoms with Gasteiger partial charge in [0.2, 0.25) is 5.91 Å². The van der Waals surface area contributed by atoms with Gasteiger partial charge in [0.1, 0.15) is 0 Å². The van der Waals surface area contributed by atoms with Crippen LogP contribution in [0.25, 0.3) is 0 Å². The Balaban J connectivity index is 2.50. The molecule has 5 heteroatoms. The van der Waals surface area contributed by atoms with Crippen molar-refractivity contribution in [3.63, 3.8) is 0 Å². The maximum Gasteiger partial charge on any atom is 0.319 e. The lowest BCUT2D eigenvalue weighted by atomic mass is 9.95. The number of methoxy groups -OCH3 is 1. The van der Waals surface area contributed by atoms with Crippen LogP contribution in [0.15, 0.2) is 0 Å². The monoisotopic (exact) mass is 256 g/mol. The molecule has 0 aromatic rings. The Morgan fingerprint density at radius 3 is 2.61 bits per heavy atom. The lowest BCUT2D eigenvalue weighted by Crippen LogP contribution is -2.52. The SMILES string of the molecule is COC(=O)CN1CC(C)CC(NC(=O)C(C)C)C1. The first-order valence-corrected chi connectivity index (χ1v) is 6.52. The summed E-state index contributed by atoms with van der Waals surface area (Å²) in [6.45, 7) is 7.80. The first-order chi connectivity index (χ1) is 8.42. The molecule has 1 heterocycles. The number of rotatable bonds is 4. The van der Waals surface area contributed by atoms with Crippen molar-refractivity contribution in [3.05, 3.63) is 0 Å². The van der Waals surface area contributed by atoms with Gasteiger partial charge in [-0.25, -0.2) is 0 Å². The zero-order valence-electron chi connectivity index (χ0n) is 11.7. The van der Waals surface area contributed by atoms with E-state index in [0.717, 1.165) is 19.5 Å². The van der Waals surface area contributed by atoms with Crippen molar-refractivity contribution in [2.75, 3.05) is 26.7 Å². The van der Waals surface area contributed by atoms with Gasteiger partial charge < -0.3 is 10.1 Å². The number of nitrogens with one attached hydrogen (secondary N) is 1. The zero-order valence-corrected chi connectivity index (χ0v) is 11.7. The van der Waals surface area contributed by atoms with Gasteiger partial charge in [-0.3, -0.25) is 14.5 Å². The first kappa shape index (κ1) is 15.0. The second kappa shape index (κ2) is 6.73. The van der Waals surface area contributed by atoms with E-state index < -0.39 is 0 Å². The van der Waals surface area contributed by atoms with Crippen molar-refractivity contribution < 1.29 is 14.3 Å². The van der Waals surface area contributed by atoms with Gasteiger partial charge in [-0.05, 0) is 12.3 Å². The van der Waals surface area contributed by atoms with Crippen LogP contribution in [-0.2, 0) is 14.3 Å². The molecule has 0 radical (unpaired) electrons. The highest BCUT2D eigenvalue weighted by Crippen LogP contribution is 2.16. The standard InChI is InChI=1S/C13H24N2O3/c1-9(2)13(17)14-11-5-10(3)6-15(7-11)8-12(16)18-4/h9-11H,5-8H2,1-4H3,(H,14,17). The van der Waals surface area contributed by atoms with Crippen molar-refractivity contribution in [1.29, 1.82) is 0 Å². The molecule has 1 saturated heterocycles. The van der Waals surface area contributed by atoms with E-state index in [2.05, 4.69) is 17.0 Å². The molecule has 2 atom stereocenters. The fourth-order valence-corrected chi connectivity index (χ4v) is 2.31. The van der Waals surface area contributed by atoms with E-state index in [1.807, 2.05) is 18.7 Å². The Labute approximate surface area is 109 Å². The van der Waals surface area contributed by atoms with Crippen LogP contribution in [0.4, 0.5) is 0 Å². The molecule has 2 unspecified atom stereocenters. The minimum atomic E-state index is -0.224. The molecule has 0 aliphatic carbocycles. The number of nitrogens with zero attached hydrogens (tertiary/aromatic N) is 1. The third-order valence-corrected chi connectivity index (χ3v) is 3.19. The van der Waals surface area contributed by atoms with Crippen LogP contribution in [0.5, 0.6) is 0 Å². The van der Waals surface area contributed by atoms with Crippen LogP contribution in [0, 0.1) is 11.8 Å². The molecule has 1 rings (SSSR count). The molecule has 0 aromatic carbocycles. The molecule has 1 aliphatic rings. The Bertz CT molecular complexity index is 305. The molecule has 18 heavy (non-hydrogen) atoms. The number of carbonyl (C=O) groups is 2. The highest BCUT2D eigenvalue weighted by Gasteiger charge is 2.27. The third kappa shape index (κ3) is 4.64. The molecule has 1 fully saturated rings. The van der Waals surface area contributed by atoms with E-state index in [0.29, 0.717) is 12.5 Å². The summed E-state index contributed by atoms with van der Waals surface area (Å²) in [4.78, 5) is 25.0. The topological polar surface area (TPSA) is 58.6 Å². The molecule has 1 amide bonds. The van der Waals surface area contributed by atoms with Crippen molar-refractivity contribution in [1.82, 2.24) is 10.2 Å². The lowest BCUT2D eigenvalue weighted by molar-refractivity contribution is -0.142. The molecule has 1 N–H and O–H groups in total. The van der Waals surface area contributed by atoms with E-state index in [-0.39, 0.29) is 23.8 Å². The largest absolute Gasteiger partial charge is 0.468 e. The number of hydrogen-bond donors (Lipinski definition) is 1. The fraction of sp³-hybridized carbons (Fsp3) is 0.846. The number of esters is 1. The molecule has 5 nitrogen and oxygen atoms in total. The maximum absolute atomic E-state index is 11.7. The normalized spacial score (nSPS) is 24.9. The van der Waals surface area contributed by atoms with Crippen LogP contribution in [0.2, 0.25) is 0 Å². The van der Waals surface area contributed by atoms with Crippen molar-refractivity contribution >= 4 is 11.9 Å². The average molecular weight is 256 g/mol. The van der Waals surface area contributed by atoms with E-state index >= 15 is 0 Å². The van der Waals surface area contributed by atoms with Crippen LogP contribution in [-0.4, -0.2) is 49.6 Å². The van der Waals surface area contributed by atoms with Gasteiger partial charge in [-0.15, -0.1) is 0 Å². The molecular formula is C13H24N2O3. The van der Waals surface area contributed by atoms with Crippen LogP contribution in [0.1, 0.15) is 27.2 Å². The second-order valence-electron chi connectivity index (χ2n) is 5.47. The quantitative estimate of drug-likeness (QED) is 0.750. The number of likely N-dealkylation sites (tertiary alicyclic amines) is 1. The van der Waals surface area contributed by atoms with Gasteiger partial charge in [0.25, 0.3) is 0 Å². The fourth-order valence-electron chi connectivity index (χ4n) is 2.31. The minimum Gasteiger partial charge on any atom is -0.468 e. The van der Waals surface area contributed by atoms with E-state index in [4.69, 9.17) is 0 Å². The maximum atomic E-state index is 11.7.